The molecule has 0 unspecified atom stereocenters. The van der Waals surface area contributed by atoms with Gasteiger partial charge < -0.3 is 14.8 Å². The van der Waals surface area contributed by atoms with Gasteiger partial charge in [0.15, 0.2) is 11.5 Å². The van der Waals surface area contributed by atoms with Crippen LogP contribution >= 0.6 is 11.6 Å². The van der Waals surface area contributed by atoms with Gasteiger partial charge in [0.1, 0.15) is 0 Å². The Morgan fingerprint density at radius 1 is 1.17 bits per heavy atom. The summed E-state index contributed by atoms with van der Waals surface area (Å²) in [5.74, 6) is 1.33. The Labute approximate surface area is 149 Å². The van der Waals surface area contributed by atoms with Crippen LogP contribution in [-0.4, -0.2) is 18.2 Å². The monoisotopic (exact) mass is 348 g/mol. The summed E-state index contributed by atoms with van der Waals surface area (Å²) in [5, 5.41) is 3.98. The van der Waals surface area contributed by atoms with E-state index in [2.05, 4.69) is 30.2 Å². The number of aromatic nitrogens is 1. The maximum atomic E-state index is 6.38. The molecule has 0 radical (unpaired) electrons. The van der Waals surface area contributed by atoms with Crippen LogP contribution in [-0.2, 0) is 13.1 Å². The lowest BCUT2D eigenvalue weighted by Crippen LogP contribution is -2.15. The topological polar surface area (TPSA) is 43.4 Å². The smallest absolute Gasteiger partial charge is 0.179 e. The third kappa shape index (κ3) is 5.11. The van der Waals surface area contributed by atoms with Crippen molar-refractivity contribution >= 4 is 11.6 Å². The lowest BCUT2D eigenvalue weighted by Gasteiger charge is -2.15. The molecular weight excluding hydrogens is 324 g/mol. The zero-order valence-corrected chi connectivity index (χ0v) is 15.3. The van der Waals surface area contributed by atoms with E-state index >= 15 is 0 Å². The van der Waals surface area contributed by atoms with Crippen LogP contribution < -0.4 is 14.8 Å². The molecule has 0 saturated heterocycles. The molecule has 2 aromatic rings. The van der Waals surface area contributed by atoms with Crippen LogP contribution in [0.5, 0.6) is 11.5 Å². The van der Waals surface area contributed by atoms with Crippen LogP contribution in [0.15, 0.2) is 30.5 Å². The van der Waals surface area contributed by atoms with Crippen LogP contribution in [0.25, 0.3) is 0 Å². The van der Waals surface area contributed by atoms with E-state index in [1.54, 1.807) is 0 Å². The maximum Gasteiger partial charge on any atom is 0.179 e. The normalized spacial score (nSPS) is 10.7. The first-order valence-electron chi connectivity index (χ1n) is 8.34. The molecule has 1 N–H and O–H groups in total. The number of hydrogen-bond donors (Lipinski definition) is 1. The Morgan fingerprint density at radius 3 is 2.71 bits per heavy atom. The minimum Gasteiger partial charge on any atom is -0.490 e. The second-order valence-corrected chi connectivity index (χ2v) is 5.96. The largest absolute Gasteiger partial charge is 0.490 e. The quantitative estimate of drug-likeness (QED) is 0.723. The minimum absolute atomic E-state index is 0.572. The molecule has 1 heterocycles. The highest BCUT2D eigenvalue weighted by molar-refractivity contribution is 6.32. The minimum atomic E-state index is 0.572. The van der Waals surface area contributed by atoms with Crippen molar-refractivity contribution in [3.05, 3.63) is 52.3 Å². The van der Waals surface area contributed by atoms with Crippen molar-refractivity contribution in [2.45, 2.75) is 40.3 Å². The van der Waals surface area contributed by atoms with Gasteiger partial charge in [0.05, 0.1) is 23.9 Å². The summed E-state index contributed by atoms with van der Waals surface area (Å²) >= 11 is 6.38. The van der Waals surface area contributed by atoms with E-state index in [1.807, 2.05) is 31.3 Å². The molecule has 2 rings (SSSR count). The fourth-order valence-electron chi connectivity index (χ4n) is 2.36. The van der Waals surface area contributed by atoms with Crippen molar-refractivity contribution in [1.29, 1.82) is 0 Å². The summed E-state index contributed by atoms with van der Waals surface area (Å²) in [6, 6.07) is 7.92. The number of benzene rings is 1. The molecule has 0 aliphatic heterocycles. The molecular formula is C19H25ClN2O2. The number of rotatable bonds is 9. The van der Waals surface area contributed by atoms with Crippen molar-refractivity contribution in [3.63, 3.8) is 0 Å². The predicted octanol–water partition coefficient (Wildman–Crippen LogP) is 4.52. The van der Waals surface area contributed by atoms with E-state index in [1.165, 1.54) is 5.56 Å². The van der Waals surface area contributed by atoms with Crippen molar-refractivity contribution in [3.8, 4) is 11.5 Å². The molecule has 5 heteroatoms. The van der Waals surface area contributed by atoms with Crippen molar-refractivity contribution in [2.75, 3.05) is 13.2 Å². The molecule has 4 nitrogen and oxygen atoms in total. The maximum absolute atomic E-state index is 6.38. The molecule has 1 aromatic carbocycles. The van der Waals surface area contributed by atoms with Crippen LogP contribution in [0, 0.1) is 6.92 Å². The van der Waals surface area contributed by atoms with Gasteiger partial charge in [0, 0.05) is 19.3 Å². The second-order valence-electron chi connectivity index (χ2n) is 5.56. The fourth-order valence-corrected chi connectivity index (χ4v) is 2.65. The standard InChI is InChI=1S/C19H25ClN2O2/c1-4-9-24-19-16(20)10-15(11-18(19)23-5-2)12-21-13-17-14(3)7-6-8-22-17/h6-8,10-11,21H,4-5,9,12-13H2,1-3H3. The number of hydrogen-bond acceptors (Lipinski definition) is 4. The van der Waals surface area contributed by atoms with Crippen LogP contribution in [0.1, 0.15) is 37.1 Å². The Kier molecular flexibility index (Phi) is 7.35. The third-order valence-corrected chi connectivity index (χ3v) is 3.84. The highest BCUT2D eigenvalue weighted by Gasteiger charge is 2.12. The Bertz CT molecular complexity index is 662. The van der Waals surface area contributed by atoms with E-state index in [4.69, 9.17) is 21.1 Å². The molecule has 0 fully saturated rings. The number of pyridine rings is 1. The van der Waals surface area contributed by atoms with Gasteiger partial charge in [-0.1, -0.05) is 24.6 Å². The van der Waals surface area contributed by atoms with Crippen molar-refractivity contribution in [2.24, 2.45) is 0 Å². The van der Waals surface area contributed by atoms with Gasteiger partial charge in [-0.15, -0.1) is 0 Å². The molecule has 1 aromatic heterocycles. The average molecular weight is 349 g/mol. The predicted molar refractivity (Wildman–Crippen MR) is 97.9 cm³/mol. The molecule has 0 saturated carbocycles. The zero-order valence-electron chi connectivity index (χ0n) is 14.6. The molecule has 0 aliphatic rings. The van der Waals surface area contributed by atoms with Crippen molar-refractivity contribution < 1.29 is 9.47 Å². The van der Waals surface area contributed by atoms with Gasteiger partial charge in [0.25, 0.3) is 0 Å². The summed E-state index contributed by atoms with van der Waals surface area (Å²) in [6.45, 7) is 8.66. The average Bonchev–Trinajstić information content (AvgIpc) is 2.56. The van der Waals surface area contributed by atoms with Gasteiger partial charge >= 0.3 is 0 Å². The number of halogens is 1. The first kappa shape index (κ1) is 18.6. The molecule has 0 spiro atoms. The highest BCUT2D eigenvalue weighted by Crippen LogP contribution is 2.36. The van der Waals surface area contributed by atoms with Gasteiger partial charge in [-0.2, -0.15) is 0 Å². The molecule has 0 bridgehead atoms. The first-order chi connectivity index (χ1) is 11.7. The third-order valence-electron chi connectivity index (χ3n) is 3.56. The van der Waals surface area contributed by atoms with Gasteiger partial charge in [-0.25, -0.2) is 0 Å². The van der Waals surface area contributed by atoms with E-state index in [0.29, 0.717) is 42.8 Å². The van der Waals surface area contributed by atoms with Crippen LogP contribution in [0.2, 0.25) is 5.02 Å². The molecule has 24 heavy (non-hydrogen) atoms. The summed E-state index contributed by atoms with van der Waals surface area (Å²) in [6.07, 6.45) is 2.74. The number of aryl methyl sites for hydroxylation is 1. The van der Waals surface area contributed by atoms with E-state index in [0.717, 1.165) is 17.7 Å². The SMILES string of the molecule is CCCOc1c(Cl)cc(CNCc2ncccc2C)cc1OCC. The van der Waals surface area contributed by atoms with Gasteiger partial charge in [-0.3, -0.25) is 4.98 Å². The Hall–Kier alpha value is -1.78. The summed E-state index contributed by atoms with van der Waals surface area (Å²) in [7, 11) is 0. The molecule has 0 atom stereocenters. The van der Waals surface area contributed by atoms with Crippen LogP contribution in [0.4, 0.5) is 0 Å². The van der Waals surface area contributed by atoms with E-state index in [-0.39, 0.29) is 0 Å². The van der Waals surface area contributed by atoms with Crippen LogP contribution in [0.3, 0.4) is 0 Å². The molecule has 130 valence electrons. The Morgan fingerprint density at radius 2 is 2.00 bits per heavy atom. The lowest BCUT2D eigenvalue weighted by atomic mass is 10.2. The van der Waals surface area contributed by atoms with Crippen molar-refractivity contribution in [1.82, 2.24) is 10.3 Å². The number of ether oxygens (including phenoxy) is 2. The summed E-state index contributed by atoms with van der Waals surface area (Å²) in [5.41, 5.74) is 3.29. The first-order valence-corrected chi connectivity index (χ1v) is 8.72. The molecule has 0 aliphatic carbocycles. The fraction of sp³-hybridized carbons (Fsp3) is 0.421. The Balaban J connectivity index is 2.06. The second kappa shape index (κ2) is 9.50. The van der Waals surface area contributed by atoms with Gasteiger partial charge in [-0.05, 0) is 49.6 Å². The lowest BCUT2D eigenvalue weighted by molar-refractivity contribution is 0.277. The summed E-state index contributed by atoms with van der Waals surface area (Å²) < 4.78 is 11.4. The zero-order chi connectivity index (χ0) is 17.4. The highest BCUT2D eigenvalue weighted by atomic mass is 35.5. The molecule has 0 amide bonds. The summed E-state index contributed by atoms with van der Waals surface area (Å²) in [4.78, 5) is 4.39. The van der Waals surface area contributed by atoms with E-state index < -0.39 is 0 Å². The van der Waals surface area contributed by atoms with E-state index in [9.17, 15) is 0 Å². The number of nitrogens with zero attached hydrogens (tertiary/aromatic N) is 1. The number of nitrogens with one attached hydrogen (secondary N) is 1. The van der Waals surface area contributed by atoms with Gasteiger partial charge in [0.2, 0.25) is 0 Å².